The summed E-state index contributed by atoms with van der Waals surface area (Å²) in [7, 11) is 1.63. The Bertz CT molecular complexity index is 684. The highest BCUT2D eigenvalue weighted by atomic mass is 16.8. The second-order valence-corrected chi connectivity index (χ2v) is 10.1. The van der Waals surface area contributed by atoms with Crippen LogP contribution in [0.1, 0.15) is 33.1 Å². The second-order valence-electron chi connectivity index (χ2n) is 10.1. The van der Waals surface area contributed by atoms with Crippen molar-refractivity contribution in [3.05, 3.63) is 0 Å². The molecule has 0 aromatic carbocycles. The van der Waals surface area contributed by atoms with Crippen LogP contribution < -0.4 is 28.3 Å². The quantitative estimate of drug-likeness (QED) is 0.160. The molecule has 0 amide bonds. The van der Waals surface area contributed by atoms with Crippen molar-refractivity contribution in [2.45, 2.75) is 125 Å². The van der Waals surface area contributed by atoms with E-state index in [2.05, 4.69) is 5.32 Å². The first kappa shape index (κ1) is 30.0. The largest absolute Gasteiger partial charge is 0.394 e. The first-order valence-corrected chi connectivity index (χ1v) is 12.2. The fourth-order valence-electron chi connectivity index (χ4n) is 5.46. The molecule has 4 aliphatic rings. The SMILES string of the molecule is C.CNC1C(O[C@H]2OC(CO)[C@@H](N)CC2O)O[C@H]2CC(N)[C@@H](O[C@@H]3C(N)C[C@@H](N)C[C@H]3O)OC2C1O. The van der Waals surface area contributed by atoms with E-state index in [1.807, 2.05) is 0 Å². The van der Waals surface area contributed by atoms with Gasteiger partial charge >= 0.3 is 0 Å². The number of hydrogen-bond acceptors (Lipinski definition) is 14. The molecule has 8 unspecified atom stereocenters. The highest BCUT2D eigenvalue weighted by molar-refractivity contribution is 5.00. The standard InChI is InChI=1S/C21H41N5O9.CH4/c1-26-15-16(30)18-13(31-21(15)35-20-12(29)4-8(23)14(6-27)32-20)5-10(25)19(34-18)33-17-9(24)2-7(22)3-11(17)28;/h7-21,26-30H,2-6,22-25H2,1H3;1H4/t7-,8+,9?,10?,11-,12?,13+,14?,15?,16?,17-,18?,19+,20-,21?;/m1./s1. The lowest BCUT2D eigenvalue weighted by molar-refractivity contribution is -0.366. The summed E-state index contributed by atoms with van der Waals surface area (Å²) in [6, 6.07) is -2.59. The van der Waals surface area contributed by atoms with Gasteiger partial charge < -0.3 is 72.4 Å². The van der Waals surface area contributed by atoms with Crippen LogP contribution in [-0.4, -0.2) is 126 Å². The molecule has 15 atom stereocenters. The zero-order chi connectivity index (χ0) is 25.4. The third-order valence-corrected chi connectivity index (χ3v) is 7.43. The van der Waals surface area contributed by atoms with Gasteiger partial charge in [-0.15, -0.1) is 0 Å². The maximum absolute atomic E-state index is 11.1. The molecular weight excluding hydrogens is 478 g/mol. The first-order valence-electron chi connectivity index (χ1n) is 12.2. The van der Waals surface area contributed by atoms with Crippen molar-refractivity contribution in [3.8, 4) is 0 Å². The van der Waals surface area contributed by atoms with Crippen LogP contribution in [0.15, 0.2) is 0 Å². The highest BCUT2D eigenvalue weighted by Crippen LogP contribution is 2.35. The third-order valence-electron chi connectivity index (χ3n) is 7.43. The monoisotopic (exact) mass is 523 g/mol. The van der Waals surface area contributed by atoms with Crippen LogP contribution in [-0.2, 0) is 23.7 Å². The van der Waals surface area contributed by atoms with Crippen LogP contribution in [0.4, 0.5) is 0 Å². The van der Waals surface area contributed by atoms with E-state index in [-0.39, 0.29) is 32.9 Å². The summed E-state index contributed by atoms with van der Waals surface area (Å²) in [5.41, 5.74) is 24.3. The molecule has 0 aromatic heterocycles. The van der Waals surface area contributed by atoms with Crippen molar-refractivity contribution in [1.29, 1.82) is 0 Å². The number of hydrogen-bond donors (Lipinski definition) is 9. The van der Waals surface area contributed by atoms with Gasteiger partial charge in [-0.1, -0.05) is 7.43 Å². The Morgan fingerprint density at radius 2 is 1.53 bits per heavy atom. The number of nitrogens with one attached hydrogen (secondary N) is 1. The maximum atomic E-state index is 11.1. The molecule has 3 saturated heterocycles. The first-order chi connectivity index (χ1) is 16.6. The van der Waals surface area contributed by atoms with Gasteiger partial charge in [0.25, 0.3) is 0 Å². The van der Waals surface area contributed by atoms with Gasteiger partial charge in [0.1, 0.15) is 24.4 Å². The molecule has 13 N–H and O–H groups in total. The molecule has 3 aliphatic heterocycles. The van der Waals surface area contributed by atoms with Crippen molar-refractivity contribution in [3.63, 3.8) is 0 Å². The Kier molecular flexibility index (Phi) is 10.4. The molecule has 14 nitrogen and oxygen atoms in total. The number of nitrogens with two attached hydrogens (primary N) is 4. The Morgan fingerprint density at radius 3 is 2.17 bits per heavy atom. The van der Waals surface area contributed by atoms with E-state index in [4.69, 9.17) is 46.6 Å². The maximum Gasteiger partial charge on any atom is 0.187 e. The number of aliphatic hydroxyl groups excluding tert-OH is 4. The average Bonchev–Trinajstić information content (AvgIpc) is 2.78. The molecule has 4 rings (SSSR count). The molecule has 36 heavy (non-hydrogen) atoms. The topological polar surface area (TPSA) is 243 Å². The predicted octanol–water partition coefficient (Wildman–Crippen LogP) is -4.25. The molecule has 212 valence electrons. The smallest absolute Gasteiger partial charge is 0.187 e. The van der Waals surface area contributed by atoms with Gasteiger partial charge in [0.15, 0.2) is 18.9 Å². The van der Waals surface area contributed by atoms with Crippen LogP contribution in [0.25, 0.3) is 0 Å². The van der Waals surface area contributed by atoms with Gasteiger partial charge in [0.05, 0.1) is 37.0 Å². The van der Waals surface area contributed by atoms with E-state index in [1.165, 1.54) is 0 Å². The summed E-state index contributed by atoms with van der Waals surface area (Å²) in [5, 5.41) is 44.4. The number of ether oxygens (including phenoxy) is 5. The predicted molar refractivity (Wildman–Crippen MR) is 127 cm³/mol. The fraction of sp³-hybridized carbons (Fsp3) is 1.00. The van der Waals surface area contributed by atoms with E-state index in [0.717, 1.165) is 0 Å². The van der Waals surface area contributed by atoms with Gasteiger partial charge in [-0.25, -0.2) is 0 Å². The zero-order valence-electron chi connectivity index (χ0n) is 19.8. The summed E-state index contributed by atoms with van der Waals surface area (Å²) in [6.07, 6.45) is -7.52. The third kappa shape index (κ3) is 6.18. The van der Waals surface area contributed by atoms with E-state index in [1.54, 1.807) is 7.05 Å². The Labute approximate surface area is 211 Å². The van der Waals surface area contributed by atoms with E-state index >= 15 is 0 Å². The minimum Gasteiger partial charge on any atom is -0.394 e. The summed E-state index contributed by atoms with van der Waals surface area (Å²) >= 11 is 0. The minimum absolute atomic E-state index is 0. The lowest BCUT2D eigenvalue weighted by Gasteiger charge is -2.51. The van der Waals surface area contributed by atoms with Gasteiger partial charge in [-0.2, -0.15) is 0 Å². The van der Waals surface area contributed by atoms with Gasteiger partial charge in [0.2, 0.25) is 0 Å². The molecule has 3 heterocycles. The summed E-state index contributed by atoms with van der Waals surface area (Å²) in [6.45, 7) is -0.322. The van der Waals surface area contributed by atoms with E-state index in [9.17, 15) is 20.4 Å². The average molecular weight is 524 g/mol. The highest BCUT2D eigenvalue weighted by Gasteiger charge is 2.53. The number of fused-ring (bicyclic) bond motifs is 1. The van der Waals surface area contributed by atoms with Crippen molar-refractivity contribution in [2.24, 2.45) is 22.9 Å². The van der Waals surface area contributed by atoms with Gasteiger partial charge in [0, 0.05) is 18.1 Å². The van der Waals surface area contributed by atoms with Gasteiger partial charge in [-0.3, -0.25) is 0 Å². The zero-order valence-corrected chi connectivity index (χ0v) is 19.8. The molecule has 4 fully saturated rings. The summed E-state index contributed by atoms with van der Waals surface area (Å²) in [5.74, 6) is 0. The van der Waals surface area contributed by atoms with E-state index < -0.39 is 85.8 Å². The molecule has 1 saturated carbocycles. The number of rotatable bonds is 6. The van der Waals surface area contributed by atoms with E-state index in [0.29, 0.717) is 12.8 Å². The molecular formula is C22H45N5O9. The summed E-state index contributed by atoms with van der Waals surface area (Å²) < 4.78 is 29.6. The molecule has 0 radical (unpaired) electrons. The van der Waals surface area contributed by atoms with Crippen molar-refractivity contribution in [2.75, 3.05) is 13.7 Å². The van der Waals surface area contributed by atoms with Crippen LogP contribution in [0.3, 0.4) is 0 Å². The lowest BCUT2D eigenvalue weighted by atomic mass is 9.86. The normalized spacial score (nSPS) is 51.8. The number of aliphatic hydroxyl groups is 4. The van der Waals surface area contributed by atoms with Crippen molar-refractivity contribution in [1.82, 2.24) is 5.32 Å². The van der Waals surface area contributed by atoms with Crippen molar-refractivity contribution < 1.29 is 44.1 Å². The molecule has 14 heteroatoms. The van der Waals surface area contributed by atoms with Gasteiger partial charge in [-0.05, 0) is 32.7 Å². The van der Waals surface area contributed by atoms with Crippen LogP contribution >= 0.6 is 0 Å². The molecule has 0 spiro atoms. The molecule has 0 aromatic rings. The Balaban J connectivity index is 0.00000361. The Morgan fingerprint density at radius 1 is 0.806 bits per heavy atom. The summed E-state index contributed by atoms with van der Waals surface area (Å²) in [4.78, 5) is 0. The van der Waals surface area contributed by atoms with Crippen LogP contribution in [0, 0.1) is 0 Å². The molecule has 0 bridgehead atoms. The second kappa shape index (κ2) is 12.5. The van der Waals surface area contributed by atoms with Crippen molar-refractivity contribution >= 4 is 0 Å². The lowest BCUT2D eigenvalue weighted by Crippen LogP contribution is -2.69. The van der Waals surface area contributed by atoms with Crippen LogP contribution in [0.5, 0.6) is 0 Å². The Hall–Kier alpha value is -0.560. The molecule has 1 aliphatic carbocycles. The number of likely N-dealkylation sites (N-methyl/N-ethyl adjacent to an activating group) is 1. The minimum atomic E-state index is -1.11. The fourth-order valence-corrected chi connectivity index (χ4v) is 5.46. The van der Waals surface area contributed by atoms with Crippen LogP contribution in [0.2, 0.25) is 0 Å².